The average Bonchev–Trinajstić information content (AvgIpc) is 2.87. The lowest BCUT2D eigenvalue weighted by atomic mass is 10.0. The summed E-state index contributed by atoms with van der Waals surface area (Å²) in [6.45, 7) is 2.82. The highest BCUT2D eigenvalue weighted by molar-refractivity contribution is 5.85. The minimum atomic E-state index is -0.707. The summed E-state index contributed by atoms with van der Waals surface area (Å²) in [6, 6.07) is 13.8. The molecule has 0 spiro atoms. The predicted molar refractivity (Wildman–Crippen MR) is 83.3 cm³/mol. The summed E-state index contributed by atoms with van der Waals surface area (Å²) in [6.07, 6.45) is 2.76. The molecule has 3 aromatic rings. The van der Waals surface area contributed by atoms with Gasteiger partial charge in [0.2, 0.25) is 0 Å². The van der Waals surface area contributed by atoms with Crippen molar-refractivity contribution >= 4 is 10.8 Å². The van der Waals surface area contributed by atoms with Crippen molar-refractivity contribution in [2.75, 3.05) is 0 Å². The van der Waals surface area contributed by atoms with Crippen LogP contribution in [0.4, 0.5) is 0 Å². The van der Waals surface area contributed by atoms with Crippen LogP contribution in [0.15, 0.2) is 59.7 Å². The fraction of sp³-hybridized carbons (Fsp3) is 0.235. The molecule has 0 aliphatic heterocycles. The molecule has 0 bridgehead atoms. The molecule has 0 saturated heterocycles. The first kappa shape index (κ1) is 13.6. The Kier molecular flexibility index (Phi) is 3.62. The highest BCUT2D eigenvalue weighted by Gasteiger charge is 2.13. The molecule has 1 N–H and O–H groups in total. The van der Waals surface area contributed by atoms with E-state index in [2.05, 4.69) is 0 Å². The lowest BCUT2D eigenvalue weighted by Crippen LogP contribution is -2.25. The van der Waals surface area contributed by atoms with Crippen LogP contribution in [0.2, 0.25) is 0 Å². The first-order valence-electron chi connectivity index (χ1n) is 7.12. The molecule has 0 fully saturated rings. The number of rotatable bonds is 4. The Balaban J connectivity index is 1.95. The van der Waals surface area contributed by atoms with E-state index in [9.17, 15) is 9.90 Å². The number of aryl methyl sites for hydroxylation is 1. The zero-order valence-corrected chi connectivity index (χ0v) is 11.9. The summed E-state index contributed by atoms with van der Waals surface area (Å²) in [5.74, 6) is 0. The number of hydrogen-bond acceptors (Lipinski definition) is 2. The van der Waals surface area contributed by atoms with Crippen molar-refractivity contribution in [1.29, 1.82) is 0 Å². The first-order chi connectivity index (χ1) is 10.2. The van der Waals surface area contributed by atoms with Gasteiger partial charge in [-0.1, -0.05) is 42.5 Å². The number of nitrogens with zero attached hydrogens (tertiary/aromatic N) is 2. The predicted octanol–water partition coefficient (Wildman–Crippen LogP) is 2.56. The lowest BCUT2D eigenvalue weighted by molar-refractivity contribution is 0.156. The summed E-state index contributed by atoms with van der Waals surface area (Å²) in [4.78, 5) is 12.0. The van der Waals surface area contributed by atoms with Gasteiger partial charge >= 0.3 is 5.69 Å². The average molecular weight is 282 g/mol. The molecular formula is C17H18N2O2. The summed E-state index contributed by atoms with van der Waals surface area (Å²) in [5.41, 5.74) is 0.765. The van der Waals surface area contributed by atoms with E-state index in [-0.39, 0.29) is 12.2 Å². The van der Waals surface area contributed by atoms with E-state index in [1.807, 2.05) is 49.4 Å². The van der Waals surface area contributed by atoms with Crippen molar-refractivity contribution in [1.82, 2.24) is 9.13 Å². The molecule has 0 aliphatic carbocycles. The van der Waals surface area contributed by atoms with Crippen LogP contribution in [0.25, 0.3) is 10.8 Å². The Bertz CT molecular complexity index is 812. The van der Waals surface area contributed by atoms with Crippen LogP contribution >= 0.6 is 0 Å². The molecule has 0 saturated carbocycles. The third kappa shape index (κ3) is 2.50. The van der Waals surface area contributed by atoms with Gasteiger partial charge < -0.3 is 5.11 Å². The molecule has 4 nitrogen and oxygen atoms in total. The number of aliphatic hydroxyl groups is 1. The number of fused-ring (bicyclic) bond motifs is 1. The highest BCUT2D eigenvalue weighted by atomic mass is 16.3. The van der Waals surface area contributed by atoms with E-state index in [0.717, 1.165) is 16.3 Å². The molecule has 2 aromatic carbocycles. The summed E-state index contributed by atoms with van der Waals surface area (Å²) in [7, 11) is 0. The normalized spacial score (nSPS) is 12.7. The van der Waals surface area contributed by atoms with Crippen LogP contribution < -0.4 is 5.69 Å². The maximum absolute atomic E-state index is 12.0. The zero-order chi connectivity index (χ0) is 14.8. The van der Waals surface area contributed by atoms with Crippen LogP contribution in [-0.4, -0.2) is 14.2 Å². The van der Waals surface area contributed by atoms with Gasteiger partial charge in [-0.05, 0) is 23.3 Å². The van der Waals surface area contributed by atoms with Crippen LogP contribution in [-0.2, 0) is 13.1 Å². The Labute approximate surface area is 122 Å². The van der Waals surface area contributed by atoms with Gasteiger partial charge in [0.05, 0.1) is 12.6 Å². The third-order valence-electron chi connectivity index (χ3n) is 3.81. The second-order valence-corrected chi connectivity index (χ2v) is 5.10. The topological polar surface area (TPSA) is 47.2 Å². The monoisotopic (exact) mass is 282 g/mol. The molecule has 0 amide bonds. The van der Waals surface area contributed by atoms with Crippen LogP contribution in [0, 0.1) is 0 Å². The van der Waals surface area contributed by atoms with Gasteiger partial charge in [-0.2, -0.15) is 0 Å². The van der Waals surface area contributed by atoms with E-state index in [0.29, 0.717) is 6.54 Å². The summed E-state index contributed by atoms with van der Waals surface area (Å²) < 4.78 is 3.17. The van der Waals surface area contributed by atoms with Crippen molar-refractivity contribution in [2.45, 2.75) is 26.1 Å². The highest BCUT2D eigenvalue weighted by Crippen LogP contribution is 2.24. The number of aromatic nitrogens is 2. The molecule has 108 valence electrons. The van der Waals surface area contributed by atoms with Gasteiger partial charge in [0.25, 0.3) is 0 Å². The molecule has 0 radical (unpaired) electrons. The minimum Gasteiger partial charge on any atom is -0.387 e. The maximum atomic E-state index is 12.0. The number of benzene rings is 2. The lowest BCUT2D eigenvalue weighted by Gasteiger charge is -2.14. The minimum absolute atomic E-state index is 0.0863. The van der Waals surface area contributed by atoms with Crippen molar-refractivity contribution in [3.63, 3.8) is 0 Å². The Morgan fingerprint density at radius 1 is 1.05 bits per heavy atom. The zero-order valence-electron chi connectivity index (χ0n) is 11.9. The SMILES string of the molecule is CCn1ccn(CC(O)c2cccc3ccccc23)c1=O. The Morgan fingerprint density at radius 3 is 2.52 bits per heavy atom. The number of aliphatic hydroxyl groups excluding tert-OH is 1. The molecule has 1 unspecified atom stereocenters. The number of imidazole rings is 1. The Hall–Kier alpha value is -2.33. The molecule has 1 heterocycles. The third-order valence-corrected chi connectivity index (χ3v) is 3.81. The van der Waals surface area contributed by atoms with Gasteiger partial charge in [0.15, 0.2) is 0 Å². The van der Waals surface area contributed by atoms with E-state index < -0.39 is 6.10 Å². The largest absolute Gasteiger partial charge is 0.387 e. The fourth-order valence-electron chi connectivity index (χ4n) is 2.66. The summed E-state index contributed by atoms with van der Waals surface area (Å²) in [5, 5.41) is 12.6. The van der Waals surface area contributed by atoms with Gasteiger partial charge in [0.1, 0.15) is 0 Å². The van der Waals surface area contributed by atoms with E-state index in [1.165, 1.54) is 0 Å². The Morgan fingerprint density at radius 2 is 1.76 bits per heavy atom. The van der Waals surface area contributed by atoms with Gasteiger partial charge in [-0.25, -0.2) is 4.79 Å². The molecule has 1 aromatic heterocycles. The van der Waals surface area contributed by atoms with Gasteiger partial charge in [0, 0.05) is 18.9 Å². The van der Waals surface area contributed by atoms with Gasteiger partial charge in [-0.3, -0.25) is 9.13 Å². The molecular weight excluding hydrogens is 264 g/mol. The molecule has 0 aliphatic rings. The van der Waals surface area contributed by atoms with Crippen LogP contribution in [0.1, 0.15) is 18.6 Å². The fourth-order valence-corrected chi connectivity index (χ4v) is 2.66. The number of hydrogen-bond donors (Lipinski definition) is 1. The van der Waals surface area contributed by atoms with Crippen molar-refractivity contribution in [2.24, 2.45) is 0 Å². The standard InChI is InChI=1S/C17H18N2O2/c1-2-18-10-11-19(17(18)21)12-16(20)15-9-5-7-13-6-3-4-8-14(13)15/h3-11,16,20H,2,12H2,1H3. The van der Waals surface area contributed by atoms with Crippen molar-refractivity contribution < 1.29 is 5.11 Å². The van der Waals surface area contributed by atoms with E-state index in [1.54, 1.807) is 21.5 Å². The van der Waals surface area contributed by atoms with Crippen LogP contribution in [0.5, 0.6) is 0 Å². The molecule has 1 atom stereocenters. The molecule has 3 rings (SSSR count). The first-order valence-corrected chi connectivity index (χ1v) is 7.12. The second-order valence-electron chi connectivity index (χ2n) is 5.10. The second kappa shape index (κ2) is 5.58. The summed E-state index contributed by atoms with van der Waals surface area (Å²) >= 11 is 0. The van der Waals surface area contributed by atoms with E-state index in [4.69, 9.17) is 0 Å². The van der Waals surface area contributed by atoms with Crippen molar-refractivity contribution in [3.05, 3.63) is 70.9 Å². The van der Waals surface area contributed by atoms with Gasteiger partial charge in [-0.15, -0.1) is 0 Å². The quantitative estimate of drug-likeness (QED) is 0.799. The molecule has 4 heteroatoms. The van der Waals surface area contributed by atoms with Crippen LogP contribution in [0.3, 0.4) is 0 Å². The van der Waals surface area contributed by atoms with Crippen molar-refractivity contribution in [3.8, 4) is 0 Å². The molecule has 21 heavy (non-hydrogen) atoms. The smallest absolute Gasteiger partial charge is 0.328 e. The van der Waals surface area contributed by atoms with E-state index >= 15 is 0 Å². The maximum Gasteiger partial charge on any atom is 0.328 e.